The van der Waals surface area contributed by atoms with Crippen LogP contribution in [0, 0.1) is 11.6 Å². The zero-order chi connectivity index (χ0) is 12.3. The number of nitrogens with one attached hydrogen (secondary N) is 1. The molecule has 0 aliphatic carbocycles. The number of carbonyl (C=O) groups excluding carboxylic acids is 1. The first-order valence-electron chi connectivity index (χ1n) is 4.52. The van der Waals surface area contributed by atoms with Crippen molar-refractivity contribution in [1.29, 1.82) is 0 Å². The van der Waals surface area contributed by atoms with E-state index in [1.54, 1.807) is 0 Å². The molecule has 2 N–H and O–H groups in total. The normalized spacial score (nSPS) is 12.3. The van der Waals surface area contributed by atoms with Crippen LogP contribution >= 0.6 is 15.9 Å². The summed E-state index contributed by atoms with van der Waals surface area (Å²) in [5, 5.41) is 11.0. The van der Waals surface area contributed by atoms with Crippen molar-refractivity contribution in [3.63, 3.8) is 0 Å². The maximum Gasteiger partial charge on any atom is 0.257 e. The molecule has 1 aromatic carbocycles. The highest BCUT2D eigenvalue weighted by atomic mass is 79.9. The summed E-state index contributed by atoms with van der Waals surface area (Å²) in [5.41, 5.74) is -0.650. The number of benzene rings is 1. The van der Waals surface area contributed by atoms with Gasteiger partial charge in [0.15, 0.2) is 0 Å². The number of amides is 1. The first-order valence-corrected chi connectivity index (χ1v) is 5.31. The van der Waals surface area contributed by atoms with Gasteiger partial charge in [0.2, 0.25) is 0 Å². The van der Waals surface area contributed by atoms with E-state index in [0.717, 1.165) is 12.1 Å². The average Bonchev–Trinajstić information content (AvgIpc) is 2.15. The Labute approximate surface area is 99.6 Å². The Morgan fingerprint density at radius 2 is 2.00 bits per heavy atom. The highest BCUT2D eigenvalue weighted by Crippen LogP contribution is 2.19. The van der Waals surface area contributed by atoms with Crippen molar-refractivity contribution in [3.05, 3.63) is 33.8 Å². The lowest BCUT2D eigenvalue weighted by Crippen LogP contribution is -2.36. The third kappa shape index (κ3) is 2.99. The Hall–Kier alpha value is -1.01. The van der Waals surface area contributed by atoms with Crippen LogP contribution in [0.5, 0.6) is 0 Å². The molecule has 1 aromatic rings. The molecule has 1 atom stereocenters. The topological polar surface area (TPSA) is 49.3 Å². The third-order valence-electron chi connectivity index (χ3n) is 1.89. The summed E-state index contributed by atoms with van der Waals surface area (Å²) in [6.45, 7) is 1.22. The molecular weight excluding hydrogens is 284 g/mol. The molecule has 6 heteroatoms. The molecule has 0 bridgehead atoms. The lowest BCUT2D eigenvalue weighted by Gasteiger charge is -2.11. The van der Waals surface area contributed by atoms with Crippen molar-refractivity contribution in [3.8, 4) is 0 Å². The van der Waals surface area contributed by atoms with Gasteiger partial charge in [0.05, 0.1) is 6.61 Å². The van der Waals surface area contributed by atoms with E-state index in [2.05, 4.69) is 21.2 Å². The van der Waals surface area contributed by atoms with Crippen LogP contribution in [0.25, 0.3) is 0 Å². The molecule has 0 aliphatic rings. The molecular formula is C10H10BrF2NO2. The van der Waals surface area contributed by atoms with E-state index in [-0.39, 0.29) is 11.1 Å². The van der Waals surface area contributed by atoms with Crippen LogP contribution in [0.1, 0.15) is 17.3 Å². The van der Waals surface area contributed by atoms with Crippen LogP contribution < -0.4 is 5.32 Å². The second kappa shape index (κ2) is 5.36. The third-order valence-corrected chi connectivity index (χ3v) is 2.34. The molecule has 0 aliphatic heterocycles. The zero-order valence-corrected chi connectivity index (χ0v) is 10.0. The molecule has 3 nitrogen and oxygen atoms in total. The lowest BCUT2D eigenvalue weighted by atomic mass is 10.1. The predicted molar refractivity (Wildman–Crippen MR) is 58.1 cm³/mol. The van der Waals surface area contributed by atoms with Gasteiger partial charge in [-0.15, -0.1) is 0 Å². The number of rotatable bonds is 3. The molecule has 0 saturated carbocycles. The fraction of sp³-hybridized carbons (Fsp3) is 0.300. The summed E-state index contributed by atoms with van der Waals surface area (Å²) in [6.07, 6.45) is 0. The maximum atomic E-state index is 13.3. The van der Waals surface area contributed by atoms with Crippen LogP contribution in [-0.2, 0) is 0 Å². The summed E-state index contributed by atoms with van der Waals surface area (Å²) in [4.78, 5) is 11.4. The van der Waals surface area contributed by atoms with Gasteiger partial charge in [0.1, 0.15) is 17.2 Å². The van der Waals surface area contributed by atoms with E-state index in [4.69, 9.17) is 5.11 Å². The van der Waals surface area contributed by atoms with Gasteiger partial charge in [-0.25, -0.2) is 8.78 Å². The highest BCUT2D eigenvalue weighted by molar-refractivity contribution is 9.10. The fourth-order valence-electron chi connectivity index (χ4n) is 1.10. The Morgan fingerprint density at radius 3 is 2.44 bits per heavy atom. The summed E-state index contributed by atoms with van der Waals surface area (Å²) in [7, 11) is 0. The van der Waals surface area contributed by atoms with Crippen molar-refractivity contribution in [2.24, 2.45) is 0 Å². The molecule has 0 spiro atoms. The standard InChI is InChI=1S/C10H10BrF2NO2/c1-5(4-15)14-10(16)9-7(12)2-6(11)3-8(9)13/h2-3,5,15H,4H2,1H3,(H,14,16)/t5-/m1/s1. The maximum absolute atomic E-state index is 13.3. The first kappa shape index (κ1) is 13.1. The van der Waals surface area contributed by atoms with Crippen LogP contribution in [0.4, 0.5) is 8.78 Å². The quantitative estimate of drug-likeness (QED) is 0.893. The predicted octanol–water partition coefficient (Wildman–Crippen LogP) is 1.84. The van der Waals surface area contributed by atoms with E-state index in [9.17, 15) is 13.6 Å². The van der Waals surface area contributed by atoms with Gasteiger partial charge in [0.25, 0.3) is 5.91 Å². The fourth-order valence-corrected chi connectivity index (χ4v) is 1.50. The number of carbonyl (C=O) groups is 1. The second-order valence-electron chi connectivity index (χ2n) is 3.30. The molecule has 0 aromatic heterocycles. The minimum absolute atomic E-state index is 0.217. The Balaban J connectivity index is 3.00. The highest BCUT2D eigenvalue weighted by Gasteiger charge is 2.19. The SMILES string of the molecule is C[C@H](CO)NC(=O)c1c(F)cc(Br)cc1F. The number of hydrogen-bond donors (Lipinski definition) is 2. The van der Waals surface area contributed by atoms with Crippen molar-refractivity contribution < 1.29 is 18.7 Å². The van der Waals surface area contributed by atoms with Crippen LogP contribution in [0.15, 0.2) is 16.6 Å². The first-order chi connectivity index (χ1) is 7.45. The molecule has 88 valence electrons. The number of halogens is 3. The van der Waals surface area contributed by atoms with Crippen molar-refractivity contribution in [2.75, 3.05) is 6.61 Å². The smallest absolute Gasteiger partial charge is 0.257 e. The van der Waals surface area contributed by atoms with E-state index in [1.807, 2.05) is 0 Å². The Kier molecular flexibility index (Phi) is 4.37. The van der Waals surface area contributed by atoms with Gasteiger partial charge in [-0.05, 0) is 19.1 Å². The van der Waals surface area contributed by atoms with Crippen molar-refractivity contribution in [1.82, 2.24) is 5.32 Å². The summed E-state index contributed by atoms with van der Waals surface area (Å²) >= 11 is 2.91. The van der Waals surface area contributed by atoms with Crippen LogP contribution in [0.3, 0.4) is 0 Å². The summed E-state index contributed by atoms with van der Waals surface area (Å²) < 4.78 is 26.9. The minimum atomic E-state index is -0.950. The molecule has 1 rings (SSSR count). The molecule has 16 heavy (non-hydrogen) atoms. The number of aliphatic hydroxyl groups excluding tert-OH is 1. The lowest BCUT2D eigenvalue weighted by molar-refractivity contribution is 0.0913. The average molecular weight is 294 g/mol. The summed E-state index contributed by atoms with van der Waals surface area (Å²) in [6, 6.07) is 1.44. The number of aliphatic hydroxyl groups is 1. The Morgan fingerprint density at radius 1 is 1.50 bits per heavy atom. The second-order valence-corrected chi connectivity index (χ2v) is 4.22. The monoisotopic (exact) mass is 293 g/mol. The molecule has 0 fully saturated rings. The van der Waals surface area contributed by atoms with Crippen LogP contribution in [0.2, 0.25) is 0 Å². The molecule has 0 unspecified atom stereocenters. The van der Waals surface area contributed by atoms with Gasteiger partial charge in [-0.2, -0.15) is 0 Å². The Bertz CT molecular complexity index is 389. The molecule has 0 radical (unpaired) electrons. The van der Waals surface area contributed by atoms with Gasteiger partial charge >= 0.3 is 0 Å². The van der Waals surface area contributed by atoms with Gasteiger partial charge in [-0.1, -0.05) is 15.9 Å². The molecule has 1 amide bonds. The van der Waals surface area contributed by atoms with Gasteiger partial charge in [0, 0.05) is 10.5 Å². The van der Waals surface area contributed by atoms with Gasteiger partial charge in [-0.3, -0.25) is 4.79 Å². The van der Waals surface area contributed by atoms with E-state index >= 15 is 0 Å². The minimum Gasteiger partial charge on any atom is -0.394 e. The van der Waals surface area contributed by atoms with Crippen LogP contribution in [-0.4, -0.2) is 23.7 Å². The van der Waals surface area contributed by atoms with Crippen molar-refractivity contribution in [2.45, 2.75) is 13.0 Å². The molecule has 0 heterocycles. The van der Waals surface area contributed by atoms with E-state index in [1.165, 1.54) is 6.92 Å². The zero-order valence-electron chi connectivity index (χ0n) is 8.43. The van der Waals surface area contributed by atoms with E-state index < -0.39 is 29.1 Å². The largest absolute Gasteiger partial charge is 0.394 e. The summed E-state index contributed by atoms with van der Waals surface area (Å²) in [5.74, 6) is -2.78. The number of hydrogen-bond acceptors (Lipinski definition) is 2. The van der Waals surface area contributed by atoms with Gasteiger partial charge < -0.3 is 10.4 Å². The van der Waals surface area contributed by atoms with Crippen molar-refractivity contribution >= 4 is 21.8 Å². The van der Waals surface area contributed by atoms with E-state index in [0.29, 0.717) is 0 Å². The molecule has 0 saturated heterocycles.